The molecule has 2 aromatic carbocycles. The number of aromatic nitrogens is 2. The van der Waals surface area contributed by atoms with Crippen molar-refractivity contribution >= 4 is 16.7 Å². The molecule has 1 aromatic heterocycles. The number of nitrogen functional groups attached to an aromatic ring is 1. The molecule has 0 saturated carbocycles. The molecule has 0 bridgehead atoms. The third-order valence-electron chi connectivity index (χ3n) is 2.44. The third kappa shape index (κ3) is 1.92. The minimum atomic E-state index is 0.469. The van der Waals surface area contributed by atoms with Crippen molar-refractivity contribution in [1.29, 1.82) is 0 Å². The van der Waals surface area contributed by atoms with E-state index in [9.17, 15) is 0 Å². The Hall–Kier alpha value is -2.49. The average molecular weight is 225 g/mol. The third-order valence-corrected chi connectivity index (χ3v) is 2.44. The normalized spacial score (nSPS) is 10.6. The minimum absolute atomic E-state index is 0.469. The van der Waals surface area contributed by atoms with Crippen molar-refractivity contribution in [3.63, 3.8) is 0 Å². The van der Waals surface area contributed by atoms with E-state index in [-0.39, 0.29) is 0 Å². The zero-order valence-corrected chi connectivity index (χ0v) is 9.05. The first-order valence-electron chi connectivity index (χ1n) is 5.29. The molecule has 1 heterocycles. The van der Waals surface area contributed by atoms with Crippen LogP contribution in [0.1, 0.15) is 0 Å². The number of rotatable bonds is 2. The topological polar surface area (TPSA) is 63.9 Å². The van der Waals surface area contributed by atoms with Crippen LogP contribution >= 0.6 is 0 Å². The number of ether oxygens (including phenoxy) is 1. The fourth-order valence-electron chi connectivity index (χ4n) is 1.65. The van der Waals surface area contributed by atoms with Crippen LogP contribution in [0, 0.1) is 0 Å². The minimum Gasteiger partial charge on any atom is -0.426 e. The summed E-state index contributed by atoms with van der Waals surface area (Å²) in [5.41, 5.74) is 8.11. The Morgan fingerprint density at radius 2 is 1.88 bits per heavy atom. The molecular weight excluding hydrogens is 214 g/mol. The maximum Gasteiger partial charge on any atom is 0.300 e. The number of nitrogens with zero attached hydrogens (tertiary/aromatic N) is 1. The van der Waals surface area contributed by atoms with Crippen molar-refractivity contribution in [3.05, 3.63) is 48.5 Å². The molecule has 3 N–H and O–H groups in total. The van der Waals surface area contributed by atoms with Gasteiger partial charge in [0.1, 0.15) is 5.75 Å². The summed E-state index contributed by atoms with van der Waals surface area (Å²) in [5.74, 6) is 0.750. The number of nitrogens with one attached hydrogen (secondary N) is 1. The van der Waals surface area contributed by atoms with Crippen LogP contribution < -0.4 is 10.5 Å². The van der Waals surface area contributed by atoms with Crippen LogP contribution in [0.5, 0.6) is 11.8 Å². The van der Waals surface area contributed by atoms with Gasteiger partial charge in [0.25, 0.3) is 6.01 Å². The van der Waals surface area contributed by atoms with Gasteiger partial charge in [-0.25, -0.2) is 0 Å². The molecule has 0 amide bonds. The molecule has 0 spiro atoms. The summed E-state index contributed by atoms with van der Waals surface area (Å²) in [4.78, 5) is 7.39. The van der Waals surface area contributed by atoms with E-state index in [0.29, 0.717) is 11.7 Å². The van der Waals surface area contributed by atoms with Crippen LogP contribution in [0.4, 0.5) is 5.69 Å². The second kappa shape index (κ2) is 3.83. The van der Waals surface area contributed by atoms with E-state index >= 15 is 0 Å². The van der Waals surface area contributed by atoms with Crippen LogP contribution in [0.3, 0.4) is 0 Å². The fraction of sp³-hybridized carbons (Fsp3) is 0. The Labute approximate surface area is 98.1 Å². The quantitative estimate of drug-likeness (QED) is 0.659. The molecule has 3 rings (SSSR count). The molecule has 0 aliphatic rings. The maximum atomic E-state index is 5.70. The summed E-state index contributed by atoms with van der Waals surface area (Å²) in [6.45, 7) is 0. The lowest BCUT2D eigenvalue weighted by Crippen LogP contribution is -1.84. The summed E-state index contributed by atoms with van der Waals surface area (Å²) < 4.78 is 5.60. The highest BCUT2D eigenvalue weighted by molar-refractivity contribution is 5.79. The van der Waals surface area contributed by atoms with Gasteiger partial charge in [-0.3, -0.25) is 0 Å². The number of nitrogens with two attached hydrogens (primary N) is 1. The van der Waals surface area contributed by atoms with Crippen molar-refractivity contribution in [2.24, 2.45) is 0 Å². The highest BCUT2D eigenvalue weighted by atomic mass is 16.5. The van der Waals surface area contributed by atoms with E-state index in [1.807, 2.05) is 48.5 Å². The van der Waals surface area contributed by atoms with Crippen molar-refractivity contribution < 1.29 is 4.74 Å². The zero-order valence-electron chi connectivity index (χ0n) is 9.05. The van der Waals surface area contributed by atoms with Crippen molar-refractivity contribution in [1.82, 2.24) is 9.97 Å². The number of para-hydroxylation sites is 1. The Morgan fingerprint density at radius 3 is 2.71 bits per heavy atom. The number of imidazole rings is 1. The zero-order chi connectivity index (χ0) is 11.7. The van der Waals surface area contributed by atoms with Gasteiger partial charge in [-0.1, -0.05) is 18.2 Å². The molecule has 0 atom stereocenters. The van der Waals surface area contributed by atoms with Gasteiger partial charge >= 0.3 is 0 Å². The van der Waals surface area contributed by atoms with Crippen LogP contribution in [0.2, 0.25) is 0 Å². The SMILES string of the molecule is Nc1ccc2nc(Oc3ccccc3)[nH]c2c1. The number of fused-ring (bicyclic) bond motifs is 1. The first-order valence-corrected chi connectivity index (χ1v) is 5.29. The lowest BCUT2D eigenvalue weighted by atomic mass is 10.3. The molecular formula is C13H11N3O. The molecule has 0 saturated heterocycles. The maximum absolute atomic E-state index is 5.70. The average Bonchev–Trinajstić information content (AvgIpc) is 2.71. The number of hydrogen-bond acceptors (Lipinski definition) is 3. The first kappa shape index (κ1) is 9.72. The van der Waals surface area contributed by atoms with Gasteiger partial charge in [0, 0.05) is 5.69 Å². The second-order valence-corrected chi connectivity index (χ2v) is 3.73. The summed E-state index contributed by atoms with van der Waals surface area (Å²) in [7, 11) is 0. The Morgan fingerprint density at radius 1 is 1.06 bits per heavy atom. The molecule has 4 heteroatoms. The molecule has 0 radical (unpaired) electrons. The number of hydrogen-bond donors (Lipinski definition) is 2. The number of H-pyrrole nitrogens is 1. The fourth-order valence-corrected chi connectivity index (χ4v) is 1.65. The lowest BCUT2D eigenvalue weighted by molar-refractivity contribution is 0.449. The molecule has 0 fully saturated rings. The Kier molecular flexibility index (Phi) is 2.19. The number of benzene rings is 2. The summed E-state index contributed by atoms with van der Waals surface area (Å²) in [5, 5.41) is 0. The van der Waals surface area contributed by atoms with Crippen molar-refractivity contribution in [2.75, 3.05) is 5.73 Å². The summed E-state index contributed by atoms with van der Waals surface area (Å²) >= 11 is 0. The van der Waals surface area contributed by atoms with Gasteiger partial charge in [0.15, 0.2) is 0 Å². The van der Waals surface area contributed by atoms with Crippen LogP contribution in [-0.2, 0) is 0 Å². The number of aromatic amines is 1. The molecule has 84 valence electrons. The van der Waals surface area contributed by atoms with Crippen molar-refractivity contribution in [3.8, 4) is 11.8 Å². The van der Waals surface area contributed by atoms with E-state index < -0.39 is 0 Å². The van der Waals surface area contributed by atoms with Gasteiger partial charge in [-0.15, -0.1) is 0 Å². The first-order chi connectivity index (χ1) is 8.31. The number of anilines is 1. The van der Waals surface area contributed by atoms with E-state index in [4.69, 9.17) is 10.5 Å². The van der Waals surface area contributed by atoms with E-state index in [1.165, 1.54) is 0 Å². The predicted octanol–water partition coefficient (Wildman–Crippen LogP) is 2.94. The van der Waals surface area contributed by atoms with Crippen LogP contribution in [0.25, 0.3) is 11.0 Å². The van der Waals surface area contributed by atoms with Crippen LogP contribution in [0.15, 0.2) is 48.5 Å². The smallest absolute Gasteiger partial charge is 0.300 e. The molecule has 0 unspecified atom stereocenters. The van der Waals surface area contributed by atoms with Gasteiger partial charge in [-0.2, -0.15) is 4.98 Å². The second-order valence-electron chi connectivity index (χ2n) is 3.73. The van der Waals surface area contributed by atoms with Gasteiger partial charge < -0.3 is 15.5 Å². The monoisotopic (exact) mass is 225 g/mol. The Bertz CT molecular complexity index is 646. The summed E-state index contributed by atoms with van der Waals surface area (Å²) in [6, 6.07) is 15.5. The van der Waals surface area contributed by atoms with E-state index in [0.717, 1.165) is 16.8 Å². The molecule has 3 aromatic rings. The summed E-state index contributed by atoms with van der Waals surface area (Å²) in [6.07, 6.45) is 0. The van der Waals surface area contributed by atoms with E-state index in [1.54, 1.807) is 0 Å². The largest absolute Gasteiger partial charge is 0.426 e. The van der Waals surface area contributed by atoms with Gasteiger partial charge in [-0.05, 0) is 30.3 Å². The van der Waals surface area contributed by atoms with Crippen LogP contribution in [-0.4, -0.2) is 9.97 Å². The van der Waals surface area contributed by atoms with Gasteiger partial charge in [0.2, 0.25) is 0 Å². The molecule has 17 heavy (non-hydrogen) atoms. The van der Waals surface area contributed by atoms with E-state index in [2.05, 4.69) is 9.97 Å². The molecule has 4 nitrogen and oxygen atoms in total. The molecule has 0 aliphatic heterocycles. The predicted molar refractivity (Wildman–Crippen MR) is 67.0 cm³/mol. The molecule has 0 aliphatic carbocycles. The standard InChI is InChI=1S/C13H11N3O/c14-9-6-7-11-12(8-9)16-13(15-11)17-10-4-2-1-3-5-10/h1-8H,14H2,(H,15,16). The Balaban J connectivity index is 1.96. The highest BCUT2D eigenvalue weighted by Gasteiger charge is 2.04. The van der Waals surface area contributed by atoms with Gasteiger partial charge in [0.05, 0.1) is 11.0 Å². The highest BCUT2D eigenvalue weighted by Crippen LogP contribution is 2.22. The lowest BCUT2D eigenvalue weighted by Gasteiger charge is -1.99. The van der Waals surface area contributed by atoms with Crippen molar-refractivity contribution in [2.45, 2.75) is 0 Å².